The zero-order valence-corrected chi connectivity index (χ0v) is 12.8. The second-order valence-corrected chi connectivity index (χ2v) is 5.27. The molecule has 23 heavy (non-hydrogen) atoms. The van der Waals surface area contributed by atoms with Crippen LogP contribution in [-0.4, -0.2) is 47.7 Å². The molecule has 2 rings (SSSR count). The van der Waals surface area contributed by atoms with E-state index in [2.05, 4.69) is 0 Å². The van der Waals surface area contributed by atoms with Crippen molar-refractivity contribution in [2.24, 2.45) is 11.8 Å². The third kappa shape index (κ3) is 4.21. The number of carboxylic acids is 1. The van der Waals surface area contributed by atoms with Crippen molar-refractivity contribution in [2.45, 2.75) is 13.5 Å². The molecule has 7 nitrogen and oxygen atoms in total. The van der Waals surface area contributed by atoms with Crippen LogP contribution in [0.4, 0.5) is 4.79 Å². The van der Waals surface area contributed by atoms with E-state index in [1.807, 2.05) is 30.3 Å². The molecule has 7 heteroatoms. The van der Waals surface area contributed by atoms with E-state index in [1.165, 1.54) is 4.90 Å². The number of aliphatic carboxylic acids is 1. The van der Waals surface area contributed by atoms with Crippen molar-refractivity contribution in [1.82, 2.24) is 4.90 Å². The van der Waals surface area contributed by atoms with Crippen LogP contribution in [0, 0.1) is 11.8 Å². The first-order valence-electron chi connectivity index (χ1n) is 7.38. The normalized spacial score (nSPS) is 15.4. The van der Waals surface area contributed by atoms with Crippen LogP contribution >= 0.6 is 0 Å². The van der Waals surface area contributed by atoms with E-state index < -0.39 is 29.9 Å². The lowest BCUT2D eigenvalue weighted by Gasteiger charge is -2.40. The van der Waals surface area contributed by atoms with Crippen LogP contribution < -0.4 is 0 Å². The second-order valence-electron chi connectivity index (χ2n) is 5.27. The Morgan fingerprint density at radius 2 is 1.87 bits per heavy atom. The van der Waals surface area contributed by atoms with Crippen molar-refractivity contribution in [3.8, 4) is 0 Å². The maximum atomic E-state index is 11.9. The highest BCUT2D eigenvalue weighted by Crippen LogP contribution is 2.26. The van der Waals surface area contributed by atoms with Crippen molar-refractivity contribution >= 4 is 18.0 Å². The Labute approximate surface area is 133 Å². The van der Waals surface area contributed by atoms with E-state index in [4.69, 9.17) is 14.6 Å². The van der Waals surface area contributed by atoms with Gasteiger partial charge in [-0.15, -0.1) is 0 Å². The molecule has 0 radical (unpaired) electrons. The standard InChI is InChI=1S/C16H19NO6/c1-2-22-15(20)13(14(18)19)12-8-17(9-12)16(21)23-10-11-6-4-3-5-7-11/h3-7,12-13H,2,8-10H2,1H3,(H,18,19). The van der Waals surface area contributed by atoms with Gasteiger partial charge in [-0.1, -0.05) is 30.3 Å². The van der Waals surface area contributed by atoms with Gasteiger partial charge in [0.15, 0.2) is 5.92 Å². The van der Waals surface area contributed by atoms with Crippen LogP contribution in [0.5, 0.6) is 0 Å². The van der Waals surface area contributed by atoms with Gasteiger partial charge in [-0.25, -0.2) is 4.79 Å². The second kappa shape index (κ2) is 7.62. The van der Waals surface area contributed by atoms with Crippen molar-refractivity contribution < 1.29 is 29.0 Å². The first kappa shape index (κ1) is 16.8. The Hall–Kier alpha value is -2.57. The molecule has 1 aromatic carbocycles. The Morgan fingerprint density at radius 1 is 1.22 bits per heavy atom. The van der Waals surface area contributed by atoms with Gasteiger partial charge in [0.2, 0.25) is 0 Å². The smallest absolute Gasteiger partial charge is 0.410 e. The predicted octanol–water partition coefficient (Wildman–Crippen LogP) is 1.52. The van der Waals surface area contributed by atoms with Gasteiger partial charge in [0.1, 0.15) is 6.61 Å². The van der Waals surface area contributed by atoms with Gasteiger partial charge in [0.25, 0.3) is 0 Å². The number of amides is 1. The van der Waals surface area contributed by atoms with Crippen LogP contribution in [0.1, 0.15) is 12.5 Å². The van der Waals surface area contributed by atoms with Crippen molar-refractivity contribution in [3.63, 3.8) is 0 Å². The number of carbonyl (C=O) groups excluding carboxylic acids is 2. The molecule has 1 aliphatic heterocycles. The SMILES string of the molecule is CCOC(=O)C(C(=O)O)C1CN(C(=O)OCc2ccccc2)C1. The first-order valence-corrected chi connectivity index (χ1v) is 7.38. The summed E-state index contributed by atoms with van der Waals surface area (Å²) in [4.78, 5) is 36.1. The van der Waals surface area contributed by atoms with Gasteiger partial charge in [0, 0.05) is 19.0 Å². The van der Waals surface area contributed by atoms with Gasteiger partial charge in [0.05, 0.1) is 6.61 Å². The minimum Gasteiger partial charge on any atom is -0.481 e. The largest absolute Gasteiger partial charge is 0.481 e. The van der Waals surface area contributed by atoms with Crippen molar-refractivity contribution in [2.75, 3.05) is 19.7 Å². The molecule has 1 aliphatic rings. The summed E-state index contributed by atoms with van der Waals surface area (Å²) in [7, 11) is 0. The summed E-state index contributed by atoms with van der Waals surface area (Å²) in [6.45, 7) is 2.23. The molecule has 1 aromatic rings. The Morgan fingerprint density at radius 3 is 2.43 bits per heavy atom. The molecule has 0 aliphatic carbocycles. The molecule has 1 fully saturated rings. The number of rotatable bonds is 6. The van der Waals surface area contributed by atoms with Gasteiger partial charge in [-0.05, 0) is 12.5 Å². The topological polar surface area (TPSA) is 93.1 Å². The molecule has 1 heterocycles. The maximum absolute atomic E-state index is 11.9. The fourth-order valence-electron chi connectivity index (χ4n) is 2.41. The highest BCUT2D eigenvalue weighted by atomic mass is 16.6. The Balaban J connectivity index is 1.81. The molecule has 1 atom stereocenters. The average Bonchev–Trinajstić information content (AvgIpc) is 2.48. The minimum absolute atomic E-state index is 0.123. The minimum atomic E-state index is -1.24. The number of likely N-dealkylation sites (tertiary alicyclic amines) is 1. The molecule has 0 aromatic heterocycles. The Kier molecular flexibility index (Phi) is 5.56. The molecule has 0 spiro atoms. The molecule has 124 valence electrons. The van der Waals surface area contributed by atoms with Crippen molar-refractivity contribution in [1.29, 1.82) is 0 Å². The average molecular weight is 321 g/mol. The molecule has 0 saturated carbocycles. The molecule has 0 bridgehead atoms. The van der Waals surface area contributed by atoms with Crippen molar-refractivity contribution in [3.05, 3.63) is 35.9 Å². The lowest BCUT2D eigenvalue weighted by Crippen LogP contribution is -2.56. The summed E-state index contributed by atoms with van der Waals surface area (Å²) < 4.78 is 9.92. The highest BCUT2D eigenvalue weighted by Gasteiger charge is 2.45. The lowest BCUT2D eigenvalue weighted by atomic mass is 9.86. The molecular weight excluding hydrogens is 302 g/mol. The van der Waals surface area contributed by atoms with Crippen LogP contribution in [-0.2, 0) is 25.7 Å². The first-order chi connectivity index (χ1) is 11.0. The van der Waals surface area contributed by atoms with Gasteiger partial charge in [-0.3, -0.25) is 9.59 Å². The van der Waals surface area contributed by atoms with E-state index in [9.17, 15) is 14.4 Å². The molecular formula is C16H19NO6. The van der Waals surface area contributed by atoms with E-state index >= 15 is 0 Å². The lowest BCUT2D eigenvalue weighted by molar-refractivity contribution is -0.164. The third-order valence-electron chi connectivity index (χ3n) is 3.65. The van der Waals surface area contributed by atoms with Gasteiger partial charge >= 0.3 is 18.0 Å². The van der Waals surface area contributed by atoms with Crippen LogP contribution in [0.25, 0.3) is 0 Å². The van der Waals surface area contributed by atoms with E-state index in [-0.39, 0.29) is 26.3 Å². The summed E-state index contributed by atoms with van der Waals surface area (Å²) >= 11 is 0. The number of carbonyl (C=O) groups is 3. The molecule has 1 unspecified atom stereocenters. The molecule has 1 saturated heterocycles. The zero-order chi connectivity index (χ0) is 16.8. The number of ether oxygens (including phenoxy) is 2. The highest BCUT2D eigenvalue weighted by molar-refractivity contribution is 5.94. The fourth-order valence-corrected chi connectivity index (χ4v) is 2.41. The van der Waals surface area contributed by atoms with E-state index in [0.717, 1.165) is 5.56 Å². The number of hydrogen-bond donors (Lipinski definition) is 1. The summed E-state index contributed by atoms with van der Waals surface area (Å²) in [6, 6.07) is 9.24. The maximum Gasteiger partial charge on any atom is 0.410 e. The van der Waals surface area contributed by atoms with Gasteiger partial charge in [-0.2, -0.15) is 0 Å². The number of hydrogen-bond acceptors (Lipinski definition) is 5. The quantitative estimate of drug-likeness (QED) is 0.631. The van der Waals surface area contributed by atoms with Crippen LogP contribution in [0.2, 0.25) is 0 Å². The molecule has 1 N–H and O–H groups in total. The number of esters is 1. The monoisotopic (exact) mass is 321 g/mol. The predicted molar refractivity (Wildman–Crippen MR) is 79.4 cm³/mol. The summed E-state index contributed by atoms with van der Waals surface area (Å²) in [5, 5.41) is 9.15. The number of carboxylic acid groups (broad SMARTS) is 1. The molecule has 1 amide bonds. The Bertz CT molecular complexity index is 567. The van der Waals surface area contributed by atoms with Crippen LogP contribution in [0.15, 0.2) is 30.3 Å². The number of nitrogens with zero attached hydrogens (tertiary/aromatic N) is 1. The summed E-state index contributed by atoms with van der Waals surface area (Å²) in [5.41, 5.74) is 0.868. The third-order valence-corrected chi connectivity index (χ3v) is 3.65. The number of benzene rings is 1. The van der Waals surface area contributed by atoms with Crippen LogP contribution in [0.3, 0.4) is 0 Å². The summed E-state index contributed by atoms with van der Waals surface area (Å²) in [6.07, 6.45) is -0.516. The summed E-state index contributed by atoms with van der Waals surface area (Å²) in [5.74, 6) is -3.68. The van der Waals surface area contributed by atoms with Gasteiger partial charge < -0.3 is 19.5 Å². The van der Waals surface area contributed by atoms with E-state index in [0.29, 0.717) is 0 Å². The fraction of sp³-hybridized carbons (Fsp3) is 0.438. The zero-order valence-electron chi connectivity index (χ0n) is 12.8. The van der Waals surface area contributed by atoms with E-state index in [1.54, 1.807) is 6.92 Å².